The van der Waals surface area contributed by atoms with E-state index in [2.05, 4.69) is 31.8 Å². The molecule has 3 N–H and O–H groups in total. The maximum absolute atomic E-state index is 12.1. The lowest BCUT2D eigenvalue weighted by Crippen LogP contribution is -2.34. The number of halogens is 1. The predicted molar refractivity (Wildman–Crippen MR) is 102 cm³/mol. The number of nitro groups is 1. The molecule has 8 nitrogen and oxygen atoms in total. The fourth-order valence-corrected chi connectivity index (χ4v) is 2.62. The number of nitro benzene ring substituents is 1. The van der Waals surface area contributed by atoms with Crippen LogP contribution in [0.2, 0.25) is 0 Å². The molecule has 2 aromatic carbocycles. The number of phenolic OH excluding ortho intramolecular Hbond substituents is 1. The lowest BCUT2D eigenvalue weighted by molar-refractivity contribution is -0.385. The first-order chi connectivity index (χ1) is 12.3. The van der Waals surface area contributed by atoms with Crippen LogP contribution in [0.3, 0.4) is 0 Å². The van der Waals surface area contributed by atoms with Gasteiger partial charge in [0.05, 0.1) is 11.1 Å². The van der Waals surface area contributed by atoms with E-state index in [1.54, 1.807) is 6.92 Å². The number of nitrogens with zero attached hydrogens (tertiary/aromatic N) is 2. The Hall–Kier alpha value is -2.94. The van der Waals surface area contributed by atoms with Crippen LogP contribution in [0.4, 0.5) is 11.4 Å². The highest BCUT2D eigenvalue weighted by atomic mass is 79.9. The Morgan fingerprint density at radius 1 is 1.38 bits per heavy atom. The van der Waals surface area contributed by atoms with Crippen molar-refractivity contribution in [3.8, 4) is 5.75 Å². The maximum atomic E-state index is 12.1. The standard InChI is InChI=1S/C17H17BrN4O4/c1-10-4-3-5-14(6-10)20-11(2)17(24)21-19-9-12-7-13(18)8-15(16(12)23)22(25)26/h3-9,11,20,23H,1-2H3,(H,21,24). The average Bonchev–Trinajstić information content (AvgIpc) is 2.57. The van der Waals surface area contributed by atoms with Crippen LogP contribution in [0, 0.1) is 17.0 Å². The van der Waals surface area contributed by atoms with E-state index in [9.17, 15) is 20.0 Å². The number of phenols is 1. The molecule has 2 aromatic rings. The fraction of sp³-hybridized carbons (Fsp3) is 0.176. The van der Waals surface area contributed by atoms with Crippen LogP contribution in [0.15, 0.2) is 46.0 Å². The van der Waals surface area contributed by atoms with Gasteiger partial charge in [-0.3, -0.25) is 14.9 Å². The van der Waals surface area contributed by atoms with Gasteiger partial charge in [-0.15, -0.1) is 0 Å². The normalized spacial score (nSPS) is 12.0. The van der Waals surface area contributed by atoms with Crippen LogP contribution in [0.25, 0.3) is 0 Å². The monoisotopic (exact) mass is 420 g/mol. The molecule has 0 saturated heterocycles. The average molecular weight is 421 g/mol. The summed E-state index contributed by atoms with van der Waals surface area (Å²) < 4.78 is 0.407. The van der Waals surface area contributed by atoms with Crippen molar-refractivity contribution in [3.05, 3.63) is 62.1 Å². The molecule has 26 heavy (non-hydrogen) atoms. The molecule has 0 heterocycles. The number of nitrogens with one attached hydrogen (secondary N) is 2. The number of hydrogen-bond donors (Lipinski definition) is 3. The number of aryl methyl sites for hydroxylation is 1. The summed E-state index contributed by atoms with van der Waals surface area (Å²) in [5.41, 5.74) is 3.84. The molecule has 0 aliphatic heterocycles. The Balaban J connectivity index is 2.03. The molecule has 0 saturated carbocycles. The topological polar surface area (TPSA) is 117 Å². The summed E-state index contributed by atoms with van der Waals surface area (Å²) in [4.78, 5) is 22.3. The Labute approximate surface area is 158 Å². The minimum Gasteiger partial charge on any atom is -0.502 e. The van der Waals surface area contributed by atoms with E-state index >= 15 is 0 Å². The van der Waals surface area contributed by atoms with E-state index in [0.717, 1.165) is 17.5 Å². The predicted octanol–water partition coefficient (Wildman–Crippen LogP) is 3.32. The molecule has 0 aliphatic rings. The molecule has 0 radical (unpaired) electrons. The number of rotatable bonds is 6. The molecule has 0 aliphatic carbocycles. The Kier molecular flexibility index (Phi) is 6.29. The third kappa shape index (κ3) is 5.03. The second-order valence-corrected chi connectivity index (χ2v) is 6.51. The van der Waals surface area contributed by atoms with Gasteiger partial charge in [0.1, 0.15) is 6.04 Å². The number of aromatic hydroxyl groups is 1. The van der Waals surface area contributed by atoms with Gasteiger partial charge in [-0.25, -0.2) is 5.43 Å². The number of carbonyl (C=O) groups excluding carboxylic acids is 1. The van der Waals surface area contributed by atoms with Crippen molar-refractivity contribution in [2.75, 3.05) is 5.32 Å². The van der Waals surface area contributed by atoms with Crippen LogP contribution in [0.1, 0.15) is 18.1 Å². The zero-order valence-electron chi connectivity index (χ0n) is 14.1. The number of hydrogen-bond acceptors (Lipinski definition) is 6. The summed E-state index contributed by atoms with van der Waals surface area (Å²) in [6.45, 7) is 3.62. The van der Waals surface area contributed by atoms with E-state index in [1.807, 2.05) is 31.2 Å². The molecule has 0 spiro atoms. The zero-order chi connectivity index (χ0) is 19.3. The van der Waals surface area contributed by atoms with Crippen molar-refractivity contribution in [3.63, 3.8) is 0 Å². The third-order valence-corrected chi connectivity index (χ3v) is 3.91. The van der Waals surface area contributed by atoms with Gasteiger partial charge >= 0.3 is 5.69 Å². The molecular formula is C17H17BrN4O4. The Morgan fingerprint density at radius 2 is 2.12 bits per heavy atom. The maximum Gasteiger partial charge on any atom is 0.312 e. The smallest absolute Gasteiger partial charge is 0.312 e. The highest BCUT2D eigenvalue weighted by Gasteiger charge is 2.18. The minimum atomic E-state index is -0.705. The fourth-order valence-electron chi connectivity index (χ4n) is 2.16. The molecule has 1 atom stereocenters. The summed E-state index contributed by atoms with van der Waals surface area (Å²) in [5, 5.41) is 27.6. The summed E-state index contributed by atoms with van der Waals surface area (Å²) in [5.74, 6) is -0.922. The van der Waals surface area contributed by atoms with Crippen LogP contribution >= 0.6 is 15.9 Å². The SMILES string of the molecule is Cc1cccc(NC(C)C(=O)NN=Cc2cc(Br)cc([N+](=O)[O-])c2O)c1. The lowest BCUT2D eigenvalue weighted by Gasteiger charge is -2.13. The second-order valence-electron chi connectivity index (χ2n) is 5.59. The van der Waals surface area contributed by atoms with Crippen molar-refractivity contribution < 1.29 is 14.8 Å². The highest BCUT2D eigenvalue weighted by Crippen LogP contribution is 2.32. The van der Waals surface area contributed by atoms with Crippen LogP contribution in [0.5, 0.6) is 5.75 Å². The largest absolute Gasteiger partial charge is 0.502 e. The lowest BCUT2D eigenvalue weighted by atomic mass is 10.2. The molecule has 136 valence electrons. The number of anilines is 1. The third-order valence-electron chi connectivity index (χ3n) is 3.45. The summed E-state index contributed by atoms with van der Waals surface area (Å²) >= 11 is 3.13. The molecule has 0 fully saturated rings. The Bertz CT molecular complexity index is 870. The van der Waals surface area contributed by atoms with Gasteiger partial charge in [0.15, 0.2) is 0 Å². The molecule has 1 unspecified atom stereocenters. The molecule has 1 amide bonds. The van der Waals surface area contributed by atoms with Gasteiger partial charge in [0.25, 0.3) is 5.91 Å². The van der Waals surface area contributed by atoms with Crippen LogP contribution < -0.4 is 10.7 Å². The van der Waals surface area contributed by atoms with E-state index in [1.165, 1.54) is 12.1 Å². The summed E-state index contributed by atoms with van der Waals surface area (Å²) in [6.07, 6.45) is 1.14. The van der Waals surface area contributed by atoms with Crippen molar-refractivity contribution in [1.82, 2.24) is 5.43 Å². The number of hydrazone groups is 1. The first kappa shape index (κ1) is 19.4. The van der Waals surface area contributed by atoms with E-state index in [4.69, 9.17) is 0 Å². The molecule has 2 rings (SSSR count). The van der Waals surface area contributed by atoms with Gasteiger partial charge in [-0.05, 0) is 37.6 Å². The van der Waals surface area contributed by atoms with Gasteiger partial charge in [-0.1, -0.05) is 28.1 Å². The zero-order valence-corrected chi connectivity index (χ0v) is 15.6. The summed E-state index contributed by atoms with van der Waals surface area (Å²) in [6, 6.07) is 9.66. The minimum absolute atomic E-state index is 0.102. The van der Waals surface area contributed by atoms with Gasteiger partial charge in [0.2, 0.25) is 5.75 Å². The van der Waals surface area contributed by atoms with Crippen molar-refractivity contribution >= 4 is 39.4 Å². The Morgan fingerprint density at radius 3 is 2.77 bits per heavy atom. The van der Waals surface area contributed by atoms with Crippen molar-refractivity contribution in [2.45, 2.75) is 19.9 Å². The molecule has 0 bridgehead atoms. The van der Waals surface area contributed by atoms with Crippen LogP contribution in [-0.4, -0.2) is 28.2 Å². The van der Waals surface area contributed by atoms with E-state index in [-0.39, 0.29) is 5.56 Å². The molecule has 9 heteroatoms. The van der Waals surface area contributed by atoms with Crippen LogP contribution in [-0.2, 0) is 4.79 Å². The van der Waals surface area contributed by atoms with Gasteiger partial charge in [-0.2, -0.15) is 5.10 Å². The van der Waals surface area contributed by atoms with Gasteiger partial charge < -0.3 is 10.4 Å². The van der Waals surface area contributed by atoms with Crippen molar-refractivity contribution in [2.24, 2.45) is 5.10 Å². The number of benzene rings is 2. The van der Waals surface area contributed by atoms with E-state index < -0.39 is 28.3 Å². The summed E-state index contributed by atoms with van der Waals surface area (Å²) in [7, 11) is 0. The second kappa shape index (κ2) is 8.43. The first-order valence-electron chi connectivity index (χ1n) is 7.61. The van der Waals surface area contributed by atoms with Crippen molar-refractivity contribution in [1.29, 1.82) is 0 Å². The van der Waals surface area contributed by atoms with E-state index in [0.29, 0.717) is 4.47 Å². The quantitative estimate of drug-likeness (QED) is 0.376. The highest BCUT2D eigenvalue weighted by molar-refractivity contribution is 9.10. The molecular weight excluding hydrogens is 404 g/mol. The number of carbonyl (C=O) groups is 1. The first-order valence-corrected chi connectivity index (χ1v) is 8.40. The molecule has 0 aromatic heterocycles. The van der Waals surface area contributed by atoms with Gasteiger partial charge in [0, 0.05) is 21.8 Å². The number of amides is 1.